The predicted molar refractivity (Wildman–Crippen MR) is 63.4 cm³/mol. The Hall–Kier alpha value is -0.970. The fourth-order valence-corrected chi connectivity index (χ4v) is 2.63. The van der Waals surface area contributed by atoms with Crippen LogP contribution in [0.1, 0.15) is 49.0 Å². The number of carbonyl (C=O) groups is 1. The Labute approximate surface area is 99.8 Å². The lowest BCUT2D eigenvalue weighted by Crippen LogP contribution is -2.26. The van der Waals surface area contributed by atoms with E-state index in [2.05, 4.69) is 14.1 Å². The number of rotatable bonds is 4. The molecular weight excluding hydrogens is 222 g/mol. The Morgan fingerprint density at radius 3 is 2.94 bits per heavy atom. The van der Waals surface area contributed by atoms with Crippen molar-refractivity contribution in [1.29, 1.82) is 0 Å². The molecule has 1 N–H and O–H groups in total. The Morgan fingerprint density at radius 2 is 2.25 bits per heavy atom. The van der Waals surface area contributed by atoms with Crippen LogP contribution < -0.4 is 5.32 Å². The molecule has 88 valence electrons. The van der Waals surface area contributed by atoms with Gasteiger partial charge >= 0.3 is 0 Å². The molecule has 1 aromatic rings. The van der Waals surface area contributed by atoms with E-state index in [1.807, 2.05) is 0 Å². The summed E-state index contributed by atoms with van der Waals surface area (Å²) in [5.74, 6) is 0.715. The van der Waals surface area contributed by atoms with Gasteiger partial charge in [-0.15, -0.1) is 0 Å². The van der Waals surface area contributed by atoms with E-state index in [4.69, 9.17) is 0 Å². The number of aromatic nitrogens is 2. The van der Waals surface area contributed by atoms with Crippen LogP contribution in [0.2, 0.25) is 0 Å². The Bertz CT molecular complexity index is 320. The summed E-state index contributed by atoms with van der Waals surface area (Å²) in [6.07, 6.45) is 9.36. The summed E-state index contributed by atoms with van der Waals surface area (Å²) in [6, 6.07) is 0. The first-order chi connectivity index (χ1) is 7.86. The second-order valence-electron chi connectivity index (χ2n) is 4.34. The first kappa shape index (κ1) is 11.5. The maximum atomic E-state index is 11.5. The summed E-state index contributed by atoms with van der Waals surface area (Å²) in [5.41, 5.74) is 0.439. The van der Waals surface area contributed by atoms with Gasteiger partial charge in [-0.1, -0.05) is 32.1 Å². The van der Waals surface area contributed by atoms with Gasteiger partial charge in [0.15, 0.2) is 5.69 Å². The molecule has 0 bridgehead atoms. The Balaban J connectivity index is 1.66. The van der Waals surface area contributed by atoms with Crippen molar-refractivity contribution in [1.82, 2.24) is 14.1 Å². The average molecular weight is 239 g/mol. The van der Waals surface area contributed by atoms with Gasteiger partial charge < -0.3 is 5.32 Å². The number of amides is 1. The fourth-order valence-electron chi connectivity index (χ4n) is 2.22. The quantitative estimate of drug-likeness (QED) is 0.876. The Kier molecular flexibility index (Phi) is 4.27. The van der Waals surface area contributed by atoms with Crippen LogP contribution in [-0.2, 0) is 0 Å². The van der Waals surface area contributed by atoms with E-state index >= 15 is 0 Å². The van der Waals surface area contributed by atoms with Crippen molar-refractivity contribution < 1.29 is 4.79 Å². The average Bonchev–Trinajstić information content (AvgIpc) is 2.84. The maximum Gasteiger partial charge on any atom is 0.272 e. The van der Waals surface area contributed by atoms with Crippen LogP contribution in [0.5, 0.6) is 0 Å². The molecule has 2 rings (SSSR count). The second-order valence-corrected chi connectivity index (χ2v) is 4.90. The lowest BCUT2D eigenvalue weighted by atomic mass is 9.87. The normalized spacial score (nSPS) is 17.2. The minimum Gasteiger partial charge on any atom is -0.351 e. The summed E-state index contributed by atoms with van der Waals surface area (Å²) in [5, 5.41) is 2.90. The van der Waals surface area contributed by atoms with Gasteiger partial charge in [-0.3, -0.25) is 4.79 Å². The van der Waals surface area contributed by atoms with E-state index < -0.39 is 0 Å². The molecule has 0 aromatic carbocycles. The highest BCUT2D eigenvalue weighted by molar-refractivity contribution is 6.99. The van der Waals surface area contributed by atoms with Gasteiger partial charge in [0.25, 0.3) is 5.91 Å². The van der Waals surface area contributed by atoms with Crippen LogP contribution in [0.25, 0.3) is 0 Å². The van der Waals surface area contributed by atoms with Crippen molar-refractivity contribution in [3.8, 4) is 0 Å². The highest BCUT2D eigenvalue weighted by Gasteiger charge is 2.14. The van der Waals surface area contributed by atoms with Crippen LogP contribution in [0.3, 0.4) is 0 Å². The fraction of sp³-hybridized carbons (Fsp3) is 0.727. The van der Waals surface area contributed by atoms with Crippen LogP contribution in [0.15, 0.2) is 6.20 Å². The number of hydrogen-bond donors (Lipinski definition) is 1. The van der Waals surface area contributed by atoms with Crippen LogP contribution in [0.4, 0.5) is 0 Å². The molecule has 0 spiro atoms. The smallest absolute Gasteiger partial charge is 0.272 e. The van der Waals surface area contributed by atoms with E-state index in [1.54, 1.807) is 0 Å². The van der Waals surface area contributed by atoms with E-state index in [1.165, 1.54) is 38.3 Å². The van der Waals surface area contributed by atoms with Gasteiger partial charge in [-0.05, 0) is 12.3 Å². The van der Waals surface area contributed by atoms with Crippen molar-refractivity contribution in [3.05, 3.63) is 11.9 Å². The molecule has 1 heterocycles. The molecule has 1 saturated carbocycles. The number of nitrogens with zero attached hydrogens (tertiary/aromatic N) is 2. The molecule has 5 heteroatoms. The van der Waals surface area contributed by atoms with Crippen LogP contribution >= 0.6 is 11.7 Å². The number of hydrogen-bond acceptors (Lipinski definition) is 4. The third kappa shape index (κ3) is 3.27. The minimum absolute atomic E-state index is 0.0930. The minimum atomic E-state index is -0.0930. The topological polar surface area (TPSA) is 54.9 Å². The van der Waals surface area contributed by atoms with E-state index in [0.29, 0.717) is 5.69 Å². The molecule has 1 aliphatic carbocycles. The van der Waals surface area contributed by atoms with Gasteiger partial charge in [0.05, 0.1) is 17.9 Å². The Morgan fingerprint density at radius 1 is 1.44 bits per heavy atom. The molecule has 1 aliphatic rings. The molecule has 0 radical (unpaired) electrons. The van der Waals surface area contributed by atoms with Crippen molar-refractivity contribution in [2.24, 2.45) is 5.92 Å². The molecule has 0 aliphatic heterocycles. The molecule has 1 aromatic heterocycles. The third-order valence-electron chi connectivity index (χ3n) is 3.16. The SMILES string of the molecule is O=C(NCCC1CCCCC1)c1cnsn1. The summed E-state index contributed by atoms with van der Waals surface area (Å²) >= 11 is 1.07. The zero-order valence-electron chi connectivity index (χ0n) is 9.32. The van der Waals surface area contributed by atoms with E-state index in [9.17, 15) is 4.79 Å². The van der Waals surface area contributed by atoms with Crippen molar-refractivity contribution >= 4 is 17.6 Å². The molecule has 16 heavy (non-hydrogen) atoms. The van der Waals surface area contributed by atoms with Gasteiger partial charge in [-0.2, -0.15) is 8.75 Å². The van der Waals surface area contributed by atoms with Crippen LogP contribution in [0, 0.1) is 5.92 Å². The molecule has 0 saturated heterocycles. The lowest BCUT2D eigenvalue weighted by molar-refractivity contribution is 0.0946. The first-order valence-corrected chi connectivity index (χ1v) is 6.65. The maximum absolute atomic E-state index is 11.5. The van der Waals surface area contributed by atoms with Crippen molar-refractivity contribution in [2.75, 3.05) is 6.54 Å². The summed E-state index contributed by atoms with van der Waals surface area (Å²) < 4.78 is 7.71. The zero-order chi connectivity index (χ0) is 11.2. The van der Waals surface area contributed by atoms with Gasteiger partial charge in [-0.25, -0.2) is 0 Å². The summed E-state index contributed by atoms with van der Waals surface area (Å²) in [4.78, 5) is 11.5. The van der Waals surface area contributed by atoms with Gasteiger partial charge in [0.2, 0.25) is 0 Å². The highest BCUT2D eigenvalue weighted by Crippen LogP contribution is 2.25. The largest absolute Gasteiger partial charge is 0.351 e. The zero-order valence-corrected chi connectivity index (χ0v) is 10.1. The van der Waals surface area contributed by atoms with Crippen LogP contribution in [-0.4, -0.2) is 21.2 Å². The molecular formula is C11H17N3OS. The highest BCUT2D eigenvalue weighted by atomic mass is 32.1. The van der Waals surface area contributed by atoms with Gasteiger partial charge in [0.1, 0.15) is 0 Å². The standard InChI is InChI=1S/C11H17N3OS/c15-11(10-8-13-16-14-10)12-7-6-9-4-2-1-3-5-9/h8-9H,1-7H2,(H,12,15). The van der Waals surface area contributed by atoms with Gasteiger partial charge in [0, 0.05) is 6.54 Å². The van der Waals surface area contributed by atoms with Crippen molar-refractivity contribution in [3.63, 3.8) is 0 Å². The second kappa shape index (κ2) is 5.94. The molecule has 4 nitrogen and oxygen atoms in total. The molecule has 0 atom stereocenters. The lowest BCUT2D eigenvalue weighted by Gasteiger charge is -2.21. The van der Waals surface area contributed by atoms with E-state index in [-0.39, 0.29) is 5.91 Å². The molecule has 1 fully saturated rings. The third-order valence-corrected chi connectivity index (χ3v) is 3.63. The molecule has 0 unspecified atom stereocenters. The van der Waals surface area contributed by atoms with E-state index in [0.717, 1.165) is 30.6 Å². The summed E-state index contributed by atoms with van der Waals surface area (Å²) in [6.45, 7) is 0.765. The monoisotopic (exact) mass is 239 g/mol. The number of nitrogens with one attached hydrogen (secondary N) is 1. The molecule has 1 amide bonds. The van der Waals surface area contributed by atoms with Crippen molar-refractivity contribution in [2.45, 2.75) is 38.5 Å². The predicted octanol–water partition coefficient (Wildman–Crippen LogP) is 2.24. The number of carbonyl (C=O) groups excluding carboxylic acids is 1. The first-order valence-electron chi connectivity index (χ1n) is 5.92. The summed E-state index contributed by atoms with van der Waals surface area (Å²) in [7, 11) is 0.